The lowest BCUT2D eigenvalue weighted by atomic mass is 10.2. The third kappa shape index (κ3) is 4.47. The Bertz CT molecular complexity index is 855. The molecule has 1 fully saturated rings. The lowest BCUT2D eigenvalue weighted by Gasteiger charge is -2.14. The van der Waals surface area contributed by atoms with E-state index in [-0.39, 0.29) is 22.7 Å². The zero-order valence-corrected chi connectivity index (χ0v) is 14.9. The van der Waals surface area contributed by atoms with Gasteiger partial charge in [-0.05, 0) is 43.5 Å². The highest BCUT2D eigenvalue weighted by atomic mass is 32.2. The second kappa shape index (κ2) is 7.55. The Hall–Kier alpha value is -2.26. The number of benzene rings is 1. The molecule has 2 N–H and O–H groups in total. The summed E-state index contributed by atoms with van der Waals surface area (Å²) in [5, 5.41) is 3.24. The monoisotopic (exact) mass is 383 g/mol. The van der Waals surface area contributed by atoms with Crippen molar-refractivity contribution in [3.8, 4) is 0 Å². The summed E-state index contributed by atoms with van der Waals surface area (Å²) >= 11 is 0. The zero-order chi connectivity index (χ0) is 18.7. The number of nitrogens with one attached hydrogen (secondary N) is 2. The molecular weight excluding hydrogens is 364 g/mol. The van der Waals surface area contributed by atoms with Gasteiger partial charge in [-0.2, -0.15) is 0 Å². The van der Waals surface area contributed by atoms with Crippen LogP contribution in [0.2, 0.25) is 0 Å². The average Bonchev–Trinajstić information content (AvgIpc) is 3.01. The maximum atomic E-state index is 13.2. The van der Waals surface area contributed by atoms with Crippen molar-refractivity contribution in [2.75, 3.05) is 17.1 Å². The van der Waals surface area contributed by atoms with Crippen LogP contribution in [0.5, 0.6) is 0 Å². The molecule has 1 aliphatic rings. The number of ether oxygens (including phenoxy) is 1. The molecule has 2 aromatic rings. The van der Waals surface area contributed by atoms with Gasteiger partial charge in [-0.1, -0.05) is 0 Å². The number of nitrogens with zero attached hydrogens (tertiary/aromatic N) is 1. The van der Waals surface area contributed by atoms with Crippen molar-refractivity contribution in [3.63, 3.8) is 0 Å². The van der Waals surface area contributed by atoms with E-state index in [4.69, 9.17) is 4.74 Å². The minimum Gasteiger partial charge on any atom is -0.381 e. The smallest absolute Gasteiger partial charge is 0.263 e. The fourth-order valence-electron chi connectivity index (χ4n) is 2.95. The largest absolute Gasteiger partial charge is 0.381 e. The maximum Gasteiger partial charge on any atom is 0.263 e. The van der Waals surface area contributed by atoms with Crippen LogP contribution in [0.25, 0.3) is 0 Å². The summed E-state index contributed by atoms with van der Waals surface area (Å²) in [4.78, 5) is 4.01. The SMILES string of the molecule is COC1CCC(Nc2ccc(S(=O)(=O)Nc3cc(F)cc(F)c3)cn2)C1. The van der Waals surface area contributed by atoms with Gasteiger partial charge in [0.25, 0.3) is 10.0 Å². The number of pyridine rings is 1. The van der Waals surface area contributed by atoms with Gasteiger partial charge in [0, 0.05) is 25.4 Å². The molecule has 3 rings (SSSR count). The normalized spacial score (nSPS) is 20.1. The molecule has 1 aliphatic carbocycles. The number of aromatic nitrogens is 1. The fourth-order valence-corrected chi connectivity index (χ4v) is 3.93. The van der Waals surface area contributed by atoms with Crippen LogP contribution in [0.4, 0.5) is 20.3 Å². The predicted molar refractivity (Wildman–Crippen MR) is 93.5 cm³/mol. The van der Waals surface area contributed by atoms with Crippen molar-refractivity contribution in [1.29, 1.82) is 0 Å². The van der Waals surface area contributed by atoms with Gasteiger partial charge in [0.1, 0.15) is 22.3 Å². The number of sulfonamides is 1. The van der Waals surface area contributed by atoms with Gasteiger partial charge in [0.2, 0.25) is 0 Å². The van der Waals surface area contributed by atoms with Crippen LogP contribution in [0, 0.1) is 11.6 Å². The summed E-state index contributed by atoms with van der Waals surface area (Å²) in [7, 11) is -2.31. The maximum absolute atomic E-state index is 13.2. The zero-order valence-electron chi connectivity index (χ0n) is 14.1. The highest BCUT2D eigenvalue weighted by molar-refractivity contribution is 7.92. The van der Waals surface area contributed by atoms with Crippen molar-refractivity contribution in [2.24, 2.45) is 0 Å². The Kier molecular flexibility index (Phi) is 5.38. The Labute approximate surface area is 150 Å². The molecule has 2 unspecified atom stereocenters. The number of hydrogen-bond acceptors (Lipinski definition) is 5. The standard InChI is InChI=1S/C17H19F2N3O3S/c1-25-15-3-2-13(9-15)21-17-5-4-16(10-20-17)26(23,24)22-14-7-11(18)6-12(19)8-14/h4-8,10,13,15,22H,2-3,9H2,1H3,(H,20,21). The topological polar surface area (TPSA) is 80.3 Å². The molecule has 0 radical (unpaired) electrons. The van der Waals surface area contributed by atoms with Crippen LogP contribution in [0.3, 0.4) is 0 Å². The van der Waals surface area contributed by atoms with Crippen molar-refractivity contribution >= 4 is 21.5 Å². The summed E-state index contributed by atoms with van der Waals surface area (Å²) in [5.74, 6) is -1.18. The van der Waals surface area contributed by atoms with Gasteiger partial charge in [-0.3, -0.25) is 4.72 Å². The van der Waals surface area contributed by atoms with Gasteiger partial charge in [0.05, 0.1) is 11.8 Å². The molecular formula is C17H19F2N3O3S. The minimum absolute atomic E-state index is 0.103. The predicted octanol–water partition coefficient (Wildman–Crippen LogP) is 3.14. The second-order valence-electron chi connectivity index (χ2n) is 6.15. The van der Waals surface area contributed by atoms with Gasteiger partial charge in [-0.15, -0.1) is 0 Å². The van der Waals surface area contributed by atoms with E-state index in [1.54, 1.807) is 13.2 Å². The van der Waals surface area contributed by atoms with Crippen LogP contribution >= 0.6 is 0 Å². The average molecular weight is 383 g/mol. The molecule has 1 saturated carbocycles. The van der Waals surface area contributed by atoms with Crippen LogP contribution < -0.4 is 10.0 Å². The second-order valence-corrected chi connectivity index (χ2v) is 7.84. The van der Waals surface area contributed by atoms with E-state index in [9.17, 15) is 17.2 Å². The van der Waals surface area contributed by atoms with E-state index < -0.39 is 21.7 Å². The van der Waals surface area contributed by atoms with Crippen LogP contribution in [0.15, 0.2) is 41.4 Å². The first-order valence-electron chi connectivity index (χ1n) is 8.10. The van der Waals surface area contributed by atoms with E-state index in [2.05, 4.69) is 15.0 Å². The molecule has 9 heteroatoms. The molecule has 1 aromatic carbocycles. The van der Waals surface area contributed by atoms with Crippen LogP contribution in [-0.2, 0) is 14.8 Å². The number of halogens is 2. The molecule has 0 aliphatic heterocycles. The minimum atomic E-state index is -4.00. The Morgan fingerprint density at radius 2 is 1.88 bits per heavy atom. The first kappa shape index (κ1) is 18.5. The highest BCUT2D eigenvalue weighted by Crippen LogP contribution is 2.25. The molecule has 0 bridgehead atoms. The Balaban J connectivity index is 1.68. The summed E-state index contributed by atoms with van der Waals surface area (Å²) in [6.45, 7) is 0. The molecule has 140 valence electrons. The third-order valence-electron chi connectivity index (χ3n) is 4.23. The fraction of sp³-hybridized carbons (Fsp3) is 0.353. The number of hydrogen-bond donors (Lipinski definition) is 2. The Morgan fingerprint density at radius 3 is 2.46 bits per heavy atom. The lowest BCUT2D eigenvalue weighted by Crippen LogP contribution is -2.18. The summed E-state index contributed by atoms with van der Waals surface area (Å²) in [6.07, 6.45) is 4.21. The van der Waals surface area contributed by atoms with E-state index in [1.165, 1.54) is 12.3 Å². The molecule has 2 atom stereocenters. The molecule has 0 saturated heterocycles. The number of methoxy groups -OCH3 is 1. The molecule has 0 spiro atoms. The van der Waals surface area contributed by atoms with Crippen molar-refractivity contribution in [2.45, 2.75) is 36.3 Å². The summed E-state index contributed by atoms with van der Waals surface area (Å²) in [6, 6.07) is 5.63. The first-order chi connectivity index (χ1) is 12.4. The molecule has 0 amide bonds. The summed E-state index contributed by atoms with van der Waals surface area (Å²) in [5.41, 5.74) is -0.193. The molecule has 26 heavy (non-hydrogen) atoms. The van der Waals surface area contributed by atoms with E-state index in [0.29, 0.717) is 11.9 Å². The van der Waals surface area contributed by atoms with Crippen molar-refractivity contribution in [1.82, 2.24) is 4.98 Å². The van der Waals surface area contributed by atoms with Crippen LogP contribution in [-0.4, -0.2) is 32.7 Å². The van der Waals surface area contributed by atoms with Gasteiger partial charge in [-0.25, -0.2) is 22.2 Å². The summed E-state index contributed by atoms with van der Waals surface area (Å²) < 4.78 is 58.5. The number of anilines is 2. The molecule has 1 heterocycles. The van der Waals surface area contributed by atoms with E-state index in [0.717, 1.165) is 31.4 Å². The lowest BCUT2D eigenvalue weighted by molar-refractivity contribution is 0.108. The van der Waals surface area contributed by atoms with Gasteiger partial charge in [0.15, 0.2) is 0 Å². The van der Waals surface area contributed by atoms with Crippen molar-refractivity contribution in [3.05, 3.63) is 48.2 Å². The van der Waals surface area contributed by atoms with Gasteiger partial charge >= 0.3 is 0 Å². The van der Waals surface area contributed by atoms with Crippen molar-refractivity contribution < 1.29 is 21.9 Å². The Morgan fingerprint density at radius 1 is 1.15 bits per heavy atom. The number of rotatable bonds is 6. The molecule has 6 nitrogen and oxygen atoms in total. The molecule has 1 aromatic heterocycles. The first-order valence-corrected chi connectivity index (χ1v) is 9.58. The van der Waals surface area contributed by atoms with E-state index >= 15 is 0 Å². The van der Waals surface area contributed by atoms with Crippen LogP contribution in [0.1, 0.15) is 19.3 Å². The van der Waals surface area contributed by atoms with Gasteiger partial charge < -0.3 is 10.1 Å². The quantitative estimate of drug-likeness (QED) is 0.801. The highest BCUT2D eigenvalue weighted by Gasteiger charge is 2.24. The van der Waals surface area contributed by atoms with E-state index in [1.807, 2.05) is 0 Å². The third-order valence-corrected chi connectivity index (χ3v) is 5.60.